The third kappa shape index (κ3) is 4.51. The summed E-state index contributed by atoms with van der Waals surface area (Å²) in [4.78, 5) is 26.0. The number of hydrogen-bond acceptors (Lipinski definition) is 6. The molecule has 1 N–H and O–H groups in total. The number of amides is 1. The van der Waals surface area contributed by atoms with Gasteiger partial charge in [-0.05, 0) is 38.7 Å². The molecule has 3 heterocycles. The van der Waals surface area contributed by atoms with Gasteiger partial charge in [0.25, 0.3) is 0 Å². The number of hydrogen-bond donors (Lipinski definition) is 1. The third-order valence-corrected chi connectivity index (χ3v) is 6.03. The van der Waals surface area contributed by atoms with Crippen molar-refractivity contribution in [2.24, 2.45) is 5.92 Å². The highest BCUT2D eigenvalue weighted by molar-refractivity contribution is 7.18. The fourth-order valence-electron chi connectivity index (χ4n) is 3.35. The van der Waals surface area contributed by atoms with Gasteiger partial charge < -0.3 is 15.0 Å². The summed E-state index contributed by atoms with van der Waals surface area (Å²) in [6.45, 7) is 8.00. The first-order chi connectivity index (χ1) is 12.7. The number of aromatic nitrogens is 2. The molecule has 2 aromatic rings. The molecule has 1 amide bonds. The second-order valence-electron chi connectivity index (χ2n) is 6.59. The highest BCUT2D eigenvalue weighted by Gasteiger charge is 2.26. The van der Waals surface area contributed by atoms with E-state index < -0.39 is 0 Å². The topological polar surface area (TPSA) is 67.3 Å². The Morgan fingerprint density at radius 1 is 1.35 bits per heavy atom. The van der Waals surface area contributed by atoms with Gasteiger partial charge in [-0.1, -0.05) is 6.92 Å². The van der Waals surface area contributed by atoms with E-state index >= 15 is 0 Å². The zero-order chi connectivity index (χ0) is 18.4. The third-order valence-electron chi connectivity index (χ3n) is 4.84. The first-order valence-corrected chi connectivity index (χ1v) is 10.4. The van der Waals surface area contributed by atoms with E-state index in [-0.39, 0.29) is 11.8 Å². The number of carbonyl (C=O) groups excluding carboxylic acids is 1. The lowest BCUT2D eigenvalue weighted by molar-refractivity contribution is -0.125. The average molecular weight is 377 g/mol. The van der Waals surface area contributed by atoms with E-state index in [1.807, 2.05) is 6.92 Å². The van der Waals surface area contributed by atoms with Crippen LogP contribution in [0.15, 0.2) is 12.4 Å². The molecule has 1 fully saturated rings. The summed E-state index contributed by atoms with van der Waals surface area (Å²) in [6, 6.07) is 2.21. The molecule has 0 radical (unpaired) electrons. The lowest BCUT2D eigenvalue weighted by atomic mass is 9.95. The number of piperidine rings is 1. The number of ether oxygens (including phenoxy) is 1. The molecule has 0 atom stereocenters. The number of thiophene rings is 1. The molecule has 0 aromatic carbocycles. The van der Waals surface area contributed by atoms with Crippen LogP contribution in [0, 0.1) is 5.92 Å². The number of carbonyl (C=O) groups is 1. The molecule has 0 unspecified atom stereocenters. The predicted octanol–water partition coefficient (Wildman–Crippen LogP) is 3.01. The van der Waals surface area contributed by atoms with Crippen molar-refractivity contribution in [1.82, 2.24) is 15.3 Å². The molecule has 0 spiro atoms. The summed E-state index contributed by atoms with van der Waals surface area (Å²) in [5.41, 5.74) is 0. The molecule has 0 saturated carbocycles. The van der Waals surface area contributed by atoms with Crippen LogP contribution in [0.1, 0.15) is 38.0 Å². The van der Waals surface area contributed by atoms with Gasteiger partial charge in [0.05, 0.1) is 5.39 Å². The smallest absolute Gasteiger partial charge is 0.223 e. The van der Waals surface area contributed by atoms with Crippen LogP contribution in [0.25, 0.3) is 10.2 Å². The Bertz CT molecular complexity index is 725. The molecule has 7 heteroatoms. The van der Waals surface area contributed by atoms with Crippen molar-refractivity contribution < 1.29 is 9.53 Å². The highest BCUT2D eigenvalue weighted by Crippen LogP contribution is 2.32. The van der Waals surface area contributed by atoms with Crippen LogP contribution < -0.4 is 10.2 Å². The molecule has 3 rings (SSSR count). The fourth-order valence-corrected chi connectivity index (χ4v) is 4.28. The monoisotopic (exact) mass is 376 g/mol. The Kier molecular flexibility index (Phi) is 6.80. The molecule has 1 aliphatic rings. The number of nitrogens with zero attached hydrogens (tertiary/aromatic N) is 3. The van der Waals surface area contributed by atoms with E-state index in [4.69, 9.17) is 4.74 Å². The molecule has 26 heavy (non-hydrogen) atoms. The number of anilines is 1. The van der Waals surface area contributed by atoms with Crippen LogP contribution in [0.5, 0.6) is 0 Å². The van der Waals surface area contributed by atoms with Gasteiger partial charge in [0.15, 0.2) is 0 Å². The van der Waals surface area contributed by atoms with Gasteiger partial charge in [-0.2, -0.15) is 0 Å². The first kappa shape index (κ1) is 19.0. The standard InChI is InChI=1S/C19H28N4O2S/c1-3-15-12-16-17(21-13-22-19(16)26-15)23-9-6-14(7-10-23)18(24)20-8-5-11-25-4-2/h12-14H,3-11H2,1-2H3,(H,20,24). The van der Waals surface area contributed by atoms with Crippen LogP contribution >= 0.6 is 11.3 Å². The van der Waals surface area contributed by atoms with E-state index in [2.05, 4.69) is 33.2 Å². The second-order valence-corrected chi connectivity index (χ2v) is 7.70. The van der Waals surface area contributed by atoms with Gasteiger partial charge in [0.1, 0.15) is 17.0 Å². The predicted molar refractivity (Wildman–Crippen MR) is 106 cm³/mol. The van der Waals surface area contributed by atoms with Crippen LogP contribution in [-0.4, -0.2) is 48.7 Å². The van der Waals surface area contributed by atoms with Crippen LogP contribution in [0.2, 0.25) is 0 Å². The quantitative estimate of drug-likeness (QED) is 0.718. The Morgan fingerprint density at radius 3 is 2.88 bits per heavy atom. The van der Waals surface area contributed by atoms with Gasteiger partial charge >= 0.3 is 0 Å². The maximum absolute atomic E-state index is 12.3. The maximum atomic E-state index is 12.3. The lowest BCUT2D eigenvalue weighted by Gasteiger charge is -2.32. The Labute approximate surface area is 159 Å². The van der Waals surface area contributed by atoms with E-state index in [1.54, 1.807) is 17.7 Å². The molecule has 6 nitrogen and oxygen atoms in total. The van der Waals surface area contributed by atoms with Crippen molar-refractivity contribution in [3.05, 3.63) is 17.3 Å². The SMILES string of the molecule is CCOCCCNC(=O)C1CCN(c2ncnc3sc(CC)cc23)CC1. The largest absolute Gasteiger partial charge is 0.382 e. The minimum absolute atomic E-state index is 0.101. The van der Waals surface area contributed by atoms with E-state index in [0.29, 0.717) is 13.2 Å². The van der Waals surface area contributed by atoms with Gasteiger partial charge in [0, 0.05) is 43.6 Å². The van der Waals surface area contributed by atoms with Crippen molar-refractivity contribution in [2.75, 3.05) is 37.7 Å². The van der Waals surface area contributed by atoms with Crippen molar-refractivity contribution in [3.8, 4) is 0 Å². The zero-order valence-corrected chi connectivity index (χ0v) is 16.5. The Balaban J connectivity index is 1.54. The van der Waals surface area contributed by atoms with Crippen molar-refractivity contribution >= 4 is 33.3 Å². The first-order valence-electron chi connectivity index (χ1n) is 9.56. The highest BCUT2D eigenvalue weighted by atomic mass is 32.1. The molecule has 1 aliphatic heterocycles. The molecule has 0 bridgehead atoms. The van der Waals surface area contributed by atoms with Gasteiger partial charge in [-0.3, -0.25) is 4.79 Å². The lowest BCUT2D eigenvalue weighted by Crippen LogP contribution is -2.41. The molecule has 142 valence electrons. The minimum atomic E-state index is 0.101. The average Bonchev–Trinajstić information content (AvgIpc) is 3.11. The normalized spacial score (nSPS) is 15.5. The van der Waals surface area contributed by atoms with Gasteiger partial charge in [-0.15, -0.1) is 11.3 Å². The van der Waals surface area contributed by atoms with Crippen LogP contribution in [0.4, 0.5) is 5.82 Å². The summed E-state index contributed by atoms with van der Waals surface area (Å²) in [5.74, 6) is 1.30. The molecule has 1 saturated heterocycles. The maximum Gasteiger partial charge on any atom is 0.223 e. The number of aryl methyl sites for hydroxylation is 1. The van der Waals surface area contributed by atoms with E-state index in [0.717, 1.165) is 61.4 Å². The van der Waals surface area contributed by atoms with E-state index in [9.17, 15) is 4.79 Å². The number of fused-ring (bicyclic) bond motifs is 1. The summed E-state index contributed by atoms with van der Waals surface area (Å²) in [7, 11) is 0. The molecular formula is C19H28N4O2S. The second kappa shape index (κ2) is 9.28. The number of rotatable bonds is 8. The Hall–Kier alpha value is -1.73. The zero-order valence-electron chi connectivity index (χ0n) is 15.7. The molecular weight excluding hydrogens is 348 g/mol. The number of nitrogens with one attached hydrogen (secondary N) is 1. The Morgan fingerprint density at radius 2 is 2.15 bits per heavy atom. The molecule has 0 aliphatic carbocycles. The van der Waals surface area contributed by atoms with Gasteiger partial charge in [-0.25, -0.2) is 9.97 Å². The van der Waals surface area contributed by atoms with Crippen LogP contribution in [-0.2, 0) is 16.0 Å². The van der Waals surface area contributed by atoms with Crippen molar-refractivity contribution in [1.29, 1.82) is 0 Å². The van der Waals surface area contributed by atoms with Crippen LogP contribution in [0.3, 0.4) is 0 Å². The summed E-state index contributed by atoms with van der Waals surface area (Å²) >= 11 is 1.74. The van der Waals surface area contributed by atoms with Crippen molar-refractivity contribution in [3.63, 3.8) is 0 Å². The summed E-state index contributed by atoms with van der Waals surface area (Å²) < 4.78 is 5.30. The van der Waals surface area contributed by atoms with E-state index in [1.165, 1.54) is 4.88 Å². The molecule has 2 aromatic heterocycles. The minimum Gasteiger partial charge on any atom is -0.382 e. The summed E-state index contributed by atoms with van der Waals surface area (Å²) in [5, 5.41) is 4.19. The van der Waals surface area contributed by atoms with Crippen molar-refractivity contribution in [2.45, 2.75) is 39.5 Å². The summed E-state index contributed by atoms with van der Waals surface area (Å²) in [6.07, 6.45) is 5.28. The fraction of sp³-hybridized carbons (Fsp3) is 0.632. The van der Waals surface area contributed by atoms with Gasteiger partial charge in [0.2, 0.25) is 5.91 Å².